The van der Waals surface area contributed by atoms with Crippen molar-refractivity contribution in [3.05, 3.63) is 47.7 Å². The third-order valence-electron chi connectivity index (χ3n) is 3.64. The average molecular weight is 386 g/mol. The molecule has 8 heteroatoms. The maximum Gasteiger partial charge on any atom is 0.239 e. The average Bonchev–Trinajstić information content (AvgIpc) is 3.14. The molecule has 0 aliphatic heterocycles. The Morgan fingerprint density at radius 1 is 1.19 bits per heavy atom. The largest absolute Gasteiger partial charge is 0.300 e. The molecule has 0 spiro atoms. The maximum absolute atomic E-state index is 12.6. The quantitative estimate of drug-likeness (QED) is 0.488. The van der Waals surface area contributed by atoms with Gasteiger partial charge in [0.1, 0.15) is 16.4 Å². The van der Waals surface area contributed by atoms with Crippen molar-refractivity contribution < 1.29 is 4.79 Å². The second-order valence-electron chi connectivity index (χ2n) is 5.47. The molecule has 3 rings (SSSR count). The van der Waals surface area contributed by atoms with Gasteiger partial charge in [-0.1, -0.05) is 67.3 Å². The van der Waals surface area contributed by atoms with Gasteiger partial charge in [0, 0.05) is 5.56 Å². The molecule has 0 saturated heterocycles. The van der Waals surface area contributed by atoms with Crippen LogP contribution in [0.25, 0.3) is 11.3 Å². The van der Waals surface area contributed by atoms with Crippen molar-refractivity contribution >= 4 is 34.1 Å². The Kier molecular flexibility index (Phi) is 6.30. The zero-order valence-electron chi connectivity index (χ0n) is 14.5. The summed E-state index contributed by atoms with van der Waals surface area (Å²) in [6.45, 7) is 3.99. The van der Waals surface area contributed by atoms with Crippen LogP contribution in [0.5, 0.6) is 0 Å². The fraction of sp³-hybridized carbons (Fsp3) is 0.278. The van der Waals surface area contributed by atoms with Gasteiger partial charge in [-0.2, -0.15) is 0 Å². The number of aryl methyl sites for hydroxylation is 1. The van der Waals surface area contributed by atoms with Crippen molar-refractivity contribution in [3.63, 3.8) is 0 Å². The first-order valence-electron chi connectivity index (χ1n) is 8.37. The fourth-order valence-electron chi connectivity index (χ4n) is 2.27. The SMILES string of the molecule is CCc1nnc(NC(=O)[C@@H](CC)Sc2cc(-c3ccccc3)ncn2)s1. The van der Waals surface area contributed by atoms with Gasteiger partial charge in [0.15, 0.2) is 0 Å². The van der Waals surface area contributed by atoms with Crippen molar-refractivity contribution in [2.75, 3.05) is 5.32 Å². The molecule has 0 saturated carbocycles. The number of carbonyl (C=O) groups is 1. The second kappa shape index (κ2) is 8.86. The highest BCUT2D eigenvalue weighted by Crippen LogP contribution is 2.28. The molecule has 0 aliphatic carbocycles. The number of nitrogens with one attached hydrogen (secondary N) is 1. The minimum absolute atomic E-state index is 0.0869. The molecule has 0 aliphatic rings. The third kappa shape index (κ3) is 4.64. The van der Waals surface area contributed by atoms with Gasteiger partial charge in [-0.25, -0.2) is 9.97 Å². The van der Waals surface area contributed by atoms with Crippen LogP contribution in [0.4, 0.5) is 5.13 Å². The number of thioether (sulfide) groups is 1. The molecule has 0 fully saturated rings. The topological polar surface area (TPSA) is 80.7 Å². The maximum atomic E-state index is 12.6. The molecular weight excluding hydrogens is 366 g/mol. The van der Waals surface area contributed by atoms with Crippen molar-refractivity contribution in [1.29, 1.82) is 0 Å². The van der Waals surface area contributed by atoms with Crippen LogP contribution in [0.3, 0.4) is 0 Å². The lowest BCUT2D eigenvalue weighted by Gasteiger charge is -2.13. The van der Waals surface area contributed by atoms with Crippen molar-refractivity contribution in [1.82, 2.24) is 20.2 Å². The monoisotopic (exact) mass is 385 g/mol. The lowest BCUT2D eigenvalue weighted by atomic mass is 10.1. The number of anilines is 1. The lowest BCUT2D eigenvalue weighted by Crippen LogP contribution is -2.24. The number of hydrogen-bond donors (Lipinski definition) is 1. The van der Waals surface area contributed by atoms with E-state index in [9.17, 15) is 4.79 Å². The number of rotatable bonds is 7. The Morgan fingerprint density at radius 3 is 2.69 bits per heavy atom. The molecule has 26 heavy (non-hydrogen) atoms. The van der Waals surface area contributed by atoms with Gasteiger partial charge < -0.3 is 0 Å². The summed E-state index contributed by atoms with van der Waals surface area (Å²) in [6, 6.07) is 11.8. The van der Waals surface area contributed by atoms with Crippen LogP contribution < -0.4 is 5.32 Å². The van der Waals surface area contributed by atoms with Gasteiger partial charge in [0.2, 0.25) is 11.0 Å². The Bertz CT molecular complexity index is 869. The summed E-state index contributed by atoms with van der Waals surface area (Å²) in [5.74, 6) is -0.0869. The van der Waals surface area contributed by atoms with Crippen molar-refractivity contribution in [2.45, 2.75) is 37.0 Å². The minimum atomic E-state index is -0.262. The molecule has 134 valence electrons. The molecule has 6 nitrogen and oxygen atoms in total. The van der Waals surface area contributed by atoms with E-state index in [0.717, 1.165) is 27.7 Å². The van der Waals surface area contributed by atoms with Crippen LogP contribution in [0, 0.1) is 0 Å². The third-order valence-corrected chi connectivity index (χ3v) is 5.92. The summed E-state index contributed by atoms with van der Waals surface area (Å²) in [4.78, 5) is 21.2. The van der Waals surface area contributed by atoms with E-state index in [2.05, 4.69) is 25.5 Å². The summed E-state index contributed by atoms with van der Waals surface area (Å²) in [6.07, 6.45) is 3.02. The van der Waals surface area contributed by atoms with Gasteiger partial charge in [0.05, 0.1) is 10.9 Å². The predicted octanol–water partition coefficient (Wildman–Crippen LogP) is 4.07. The van der Waals surface area contributed by atoms with E-state index in [0.29, 0.717) is 11.6 Å². The molecule has 2 heterocycles. The first-order valence-corrected chi connectivity index (χ1v) is 10.1. The number of aromatic nitrogens is 4. The second-order valence-corrected chi connectivity index (χ2v) is 7.75. The van der Waals surface area contributed by atoms with Crippen LogP contribution in [0.15, 0.2) is 47.8 Å². The van der Waals surface area contributed by atoms with E-state index in [1.807, 2.05) is 50.2 Å². The molecule has 1 amide bonds. The summed E-state index contributed by atoms with van der Waals surface area (Å²) < 4.78 is 0. The zero-order chi connectivity index (χ0) is 18.4. The predicted molar refractivity (Wildman–Crippen MR) is 105 cm³/mol. The van der Waals surface area contributed by atoms with Gasteiger partial charge in [0.25, 0.3) is 0 Å². The Morgan fingerprint density at radius 2 is 2.00 bits per heavy atom. The molecule has 1 aromatic carbocycles. The molecule has 2 aromatic heterocycles. The molecule has 1 N–H and O–H groups in total. The van der Waals surface area contributed by atoms with Crippen LogP contribution >= 0.6 is 23.1 Å². The van der Waals surface area contributed by atoms with Gasteiger partial charge in [-0.05, 0) is 18.9 Å². The zero-order valence-corrected chi connectivity index (χ0v) is 16.2. The van der Waals surface area contributed by atoms with E-state index in [-0.39, 0.29) is 11.2 Å². The summed E-state index contributed by atoms with van der Waals surface area (Å²) in [5, 5.41) is 12.8. The lowest BCUT2D eigenvalue weighted by molar-refractivity contribution is -0.115. The van der Waals surface area contributed by atoms with Gasteiger partial charge in [-0.3, -0.25) is 10.1 Å². The van der Waals surface area contributed by atoms with Crippen LogP contribution in [0.1, 0.15) is 25.3 Å². The van der Waals surface area contributed by atoms with Crippen LogP contribution in [-0.4, -0.2) is 31.3 Å². The van der Waals surface area contributed by atoms with Crippen LogP contribution in [-0.2, 0) is 11.2 Å². The molecule has 3 aromatic rings. The Hall–Kier alpha value is -2.32. The number of benzene rings is 1. The molecule has 0 bridgehead atoms. The highest BCUT2D eigenvalue weighted by molar-refractivity contribution is 8.00. The molecule has 1 atom stereocenters. The first-order chi connectivity index (χ1) is 12.7. The highest BCUT2D eigenvalue weighted by Gasteiger charge is 2.20. The van der Waals surface area contributed by atoms with E-state index in [1.165, 1.54) is 29.4 Å². The van der Waals surface area contributed by atoms with Crippen molar-refractivity contribution in [2.24, 2.45) is 0 Å². The molecular formula is C18H19N5OS2. The fourth-order valence-corrected chi connectivity index (χ4v) is 3.87. The van der Waals surface area contributed by atoms with E-state index in [1.54, 1.807) is 0 Å². The smallest absolute Gasteiger partial charge is 0.239 e. The van der Waals surface area contributed by atoms with E-state index < -0.39 is 0 Å². The Labute approximate surface area is 160 Å². The van der Waals surface area contributed by atoms with Crippen molar-refractivity contribution in [3.8, 4) is 11.3 Å². The molecule has 0 unspecified atom stereocenters. The normalized spacial score (nSPS) is 11.9. The first kappa shape index (κ1) is 18.5. The number of hydrogen-bond acceptors (Lipinski definition) is 7. The summed E-state index contributed by atoms with van der Waals surface area (Å²) in [5.41, 5.74) is 1.87. The summed E-state index contributed by atoms with van der Waals surface area (Å²) >= 11 is 2.84. The van der Waals surface area contributed by atoms with Crippen LogP contribution in [0.2, 0.25) is 0 Å². The Balaban J connectivity index is 1.70. The van der Waals surface area contributed by atoms with Gasteiger partial charge in [-0.15, -0.1) is 10.2 Å². The molecule has 0 radical (unpaired) electrons. The number of nitrogens with zero attached hydrogens (tertiary/aromatic N) is 4. The minimum Gasteiger partial charge on any atom is -0.300 e. The van der Waals surface area contributed by atoms with Gasteiger partial charge >= 0.3 is 0 Å². The van der Waals surface area contributed by atoms with E-state index in [4.69, 9.17) is 0 Å². The standard InChI is InChI=1S/C18H19N5OS2/c1-3-14(17(24)21-18-23-22-15(4-2)26-18)25-16-10-13(19-11-20-16)12-8-6-5-7-9-12/h5-11,14H,3-4H2,1-2H3,(H,21,23,24)/t14-/m1/s1. The summed E-state index contributed by atoms with van der Waals surface area (Å²) in [7, 11) is 0. The highest BCUT2D eigenvalue weighted by atomic mass is 32.2. The van der Waals surface area contributed by atoms with E-state index >= 15 is 0 Å². The number of amides is 1. The number of carbonyl (C=O) groups excluding carboxylic acids is 1.